The van der Waals surface area contributed by atoms with Crippen molar-refractivity contribution < 1.29 is 39.2 Å². The maximum Gasteiger partial charge on any atom is 0.339 e. The van der Waals surface area contributed by atoms with Crippen molar-refractivity contribution in [3.63, 3.8) is 0 Å². The van der Waals surface area contributed by atoms with Crippen molar-refractivity contribution in [2.24, 2.45) is 25.6 Å². The van der Waals surface area contributed by atoms with Gasteiger partial charge in [0, 0.05) is 19.6 Å². The molecular weight excluding hydrogens is 656 g/mol. The van der Waals surface area contributed by atoms with E-state index in [1.54, 1.807) is 56.3 Å². The number of nitrogens with two attached hydrogens (primary N) is 3. The molecule has 0 fully saturated rings. The molecule has 0 atom stereocenters. The van der Waals surface area contributed by atoms with Crippen LogP contribution in [-0.4, -0.2) is 61.6 Å². The lowest BCUT2D eigenvalue weighted by atomic mass is 10.1. The zero-order valence-corrected chi connectivity index (χ0v) is 29.8. The summed E-state index contributed by atoms with van der Waals surface area (Å²) >= 11 is 0. The van der Waals surface area contributed by atoms with Gasteiger partial charge in [-0.1, -0.05) is 64.8 Å². The molecule has 4 aromatic rings. The Morgan fingerprint density at radius 3 is 1.67 bits per heavy atom. The molecule has 0 aliphatic carbocycles. The van der Waals surface area contributed by atoms with Gasteiger partial charge in [-0.05, 0) is 49.9 Å². The van der Waals surface area contributed by atoms with Crippen LogP contribution in [0.3, 0.4) is 0 Å². The van der Waals surface area contributed by atoms with E-state index in [1.807, 2.05) is 13.8 Å². The summed E-state index contributed by atoms with van der Waals surface area (Å²) < 4.78 is 44.9. The minimum Gasteiger partial charge on any atom is -0.493 e. The monoisotopic (exact) mass is 710 g/mol. The highest BCUT2D eigenvalue weighted by atomic mass is 16.5. The standard InChI is InChI=1S/C18H24N4O3.C10H12O3.C8H14N4O/c1-4-8-13-15(16(17(19)23)22(3)21-13)20-18(24)12-9-6-7-10-14(12)25-11-5-2;1-2-7-13-9-6-4-3-5-8(9)10(11)12;1-3-4-5-6(9)7(8(10)13)12(2)11-5/h6-7,9-10H,4-5,8,11H2,1-3H3,(H2,19,23)(H,20,24);3-6H,2,7H2,1H3,(H,11,12);3-4,9H2,1-2H3,(H2,10,13)/i8D2;;4D2. The van der Waals surface area contributed by atoms with E-state index in [1.165, 1.54) is 29.5 Å². The number of nitrogens with one attached hydrogen (secondary N) is 1. The smallest absolute Gasteiger partial charge is 0.339 e. The molecule has 51 heavy (non-hydrogen) atoms. The number of carbonyl (C=O) groups is 4. The van der Waals surface area contributed by atoms with Crippen molar-refractivity contribution in [3.05, 3.63) is 82.4 Å². The van der Waals surface area contributed by atoms with Gasteiger partial charge in [-0.2, -0.15) is 10.2 Å². The number of carboxylic acid groups (broad SMARTS) is 1. The van der Waals surface area contributed by atoms with Crippen molar-refractivity contribution in [2.45, 2.75) is 66.1 Å². The number of hydrogen-bond acceptors (Lipinski definition) is 9. The highest BCUT2D eigenvalue weighted by Gasteiger charge is 2.23. The number of amides is 3. The average Bonchev–Trinajstić information content (AvgIpc) is 3.65. The van der Waals surface area contributed by atoms with Gasteiger partial charge in [0.2, 0.25) is 0 Å². The zero-order valence-electron chi connectivity index (χ0n) is 33.8. The topological polar surface area (TPSA) is 233 Å². The lowest BCUT2D eigenvalue weighted by Crippen LogP contribution is -2.21. The maximum absolute atomic E-state index is 12.8. The molecule has 0 aliphatic heterocycles. The molecule has 3 amide bonds. The SMILES string of the molecule is CCCOc1ccccc1C(=O)O.[2H]C([2H])(CC)c1nn(C)c(C(N)=O)c1N.[2H]C([2H])(CC)c1nn(C)c(C(N)=O)c1NC(=O)c1ccccc1OCCC. The maximum atomic E-state index is 12.8. The first kappa shape index (κ1) is 35.0. The lowest BCUT2D eigenvalue weighted by Gasteiger charge is -2.12. The highest BCUT2D eigenvalue weighted by molar-refractivity contribution is 6.10. The summed E-state index contributed by atoms with van der Waals surface area (Å²) in [6, 6.07) is 13.4. The van der Waals surface area contributed by atoms with Gasteiger partial charge in [0.25, 0.3) is 17.7 Å². The third-order valence-corrected chi connectivity index (χ3v) is 6.70. The predicted octanol–water partition coefficient (Wildman–Crippen LogP) is 4.74. The molecule has 276 valence electrons. The molecule has 15 heteroatoms. The first-order chi connectivity index (χ1) is 25.8. The van der Waals surface area contributed by atoms with Crippen molar-refractivity contribution >= 4 is 35.1 Å². The van der Waals surface area contributed by atoms with Crippen LogP contribution in [0.15, 0.2) is 48.5 Å². The molecule has 0 aliphatic rings. The number of benzene rings is 2. The Labute approximate surface area is 303 Å². The van der Waals surface area contributed by atoms with Crippen molar-refractivity contribution in [2.75, 3.05) is 24.3 Å². The molecule has 8 N–H and O–H groups in total. The zero-order chi connectivity index (χ0) is 41.7. The van der Waals surface area contributed by atoms with Gasteiger partial charge in [-0.15, -0.1) is 0 Å². The number of carbonyl (C=O) groups excluding carboxylic acids is 3. The van der Waals surface area contributed by atoms with Gasteiger partial charge < -0.3 is 37.1 Å². The average molecular weight is 711 g/mol. The van der Waals surface area contributed by atoms with Crippen LogP contribution in [0.1, 0.15) is 112 Å². The number of aromatic carboxylic acids is 1. The number of carboxylic acids is 1. The van der Waals surface area contributed by atoms with E-state index in [-0.39, 0.29) is 58.1 Å². The van der Waals surface area contributed by atoms with Gasteiger partial charge in [0.15, 0.2) is 0 Å². The second-order valence-electron chi connectivity index (χ2n) is 10.7. The third-order valence-electron chi connectivity index (χ3n) is 6.70. The second-order valence-corrected chi connectivity index (χ2v) is 10.7. The molecule has 2 aromatic heterocycles. The normalized spacial score (nSPS) is 12.0. The number of primary amides is 2. The molecule has 0 saturated carbocycles. The van der Waals surface area contributed by atoms with Crippen LogP contribution >= 0.6 is 0 Å². The fourth-order valence-electron chi connectivity index (χ4n) is 4.50. The van der Waals surface area contributed by atoms with Crippen LogP contribution in [0.5, 0.6) is 11.5 Å². The van der Waals surface area contributed by atoms with Gasteiger partial charge >= 0.3 is 5.97 Å². The molecule has 0 spiro atoms. The van der Waals surface area contributed by atoms with E-state index in [9.17, 15) is 19.2 Å². The van der Waals surface area contributed by atoms with Crippen molar-refractivity contribution in [3.8, 4) is 11.5 Å². The Balaban J connectivity index is 0.000000314. The third kappa shape index (κ3) is 11.6. The molecule has 0 saturated heterocycles. The molecule has 0 radical (unpaired) electrons. The van der Waals surface area contributed by atoms with E-state index in [2.05, 4.69) is 15.5 Å². The fourth-order valence-corrected chi connectivity index (χ4v) is 4.50. The van der Waals surface area contributed by atoms with E-state index < -0.39 is 36.4 Å². The summed E-state index contributed by atoms with van der Waals surface area (Å²) in [5.41, 5.74) is 16.7. The molecule has 0 unspecified atom stereocenters. The number of nitrogen functional groups attached to an aromatic ring is 1. The summed E-state index contributed by atoms with van der Waals surface area (Å²) in [4.78, 5) is 46.4. The van der Waals surface area contributed by atoms with Crippen LogP contribution in [0.2, 0.25) is 0 Å². The molecule has 0 bridgehead atoms. The van der Waals surface area contributed by atoms with E-state index in [4.69, 9.17) is 37.3 Å². The minimum atomic E-state index is -1.84. The number of nitrogens with zero attached hydrogens (tertiary/aromatic N) is 4. The molecule has 15 nitrogen and oxygen atoms in total. The Kier molecular flexibility index (Phi) is 14.1. The van der Waals surface area contributed by atoms with Gasteiger partial charge in [0.1, 0.15) is 28.5 Å². The van der Waals surface area contributed by atoms with E-state index >= 15 is 0 Å². The van der Waals surface area contributed by atoms with E-state index in [0.717, 1.165) is 12.8 Å². The van der Waals surface area contributed by atoms with Crippen molar-refractivity contribution in [1.82, 2.24) is 19.6 Å². The number of para-hydroxylation sites is 2. The van der Waals surface area contributed by atoms with Crippen LogP contribution in [0.4, 0.5) is 11.4 Å². The number of hydrogen-bond donors (Lipinski definition) is 5. The fraction of sp³-hybridized carbons (Fsp3) is 0.389. The van der Waals surface area contributed by atoms with Crippen LogP contribution < -0.4 is 32.0 Å². The number of aromatic nitrogens is 4. The Hall–Kier alpha value is -5.86. The Bertz CT molecular complexity index is 1960. The molecular formula is C36H50N8O7. The second kappa shape index (κ2) is 20.6. The summed E-state index contributed by atoms with van der Waals surface area (Å²) in [6.07, 6.45) is -1.49. The first-order valence-electron chi connectivity index (χ1n) is 18.3. The molecule has 2 aromatic carbocycles. The highest BCUT2D eigenvalue weighted by Crippen LogP contribution is 2.25. The van der Waals surface area contributed by atoms with Crippen LogP contribution in [0.25, 0.3) is 0 Å². The number of anilines is 2. The predicted molar refractivity (Wildman–Crippen MR) is 195 cm³/mol. The van der Waals surface area contributed by atoms with Gasteiger partial charge in [-0.25, -0.2) is 4.79 Å². The summed E-state index contributed by atoms with van der Waals surface area (Å²) in [6.45, 7) is 8.26. The summed E-state index contributed by atoms with van der Waals surface area (Å²) in [5, 5.41) is 19.4. The largest absolute Gasteiger partial charge is 0.493 e. The summed E-state index contributed by atoms with van der Waals surface area (Å²) in [5.74, 6) is -2.16. The number of rotatable bonds is 15. The van der Waals surface area contributed by atoms with Crippen LogP contribution in [0, 0.1) is 0 Å². The van der Waals surface area contributed by atoms with Gasteiger partial charge in [-0.3, -0.25) is 23.7 Å². The first-order valence-corrected chi connectivity index (χ1v) is 16.3. The summed E-state index contributed by atoms with van der Waals surface area (Å²) in [7, 11) is 2.98. The Morgan fingerprint density at radius 1 is 0.745 bits per heavy atom. The van der Waals surface area contributed by atoms with Crippen molar-refractivity contribution in [1.29, 1.82) is 0 Å². The van der Waals surface area contributed by atoms with E-state index in [0.29, 0.717) is 24.7 Å². The lowest BCUT2D eigenvalue weighted by molar-refractivity contribution is 0.0691. The minimum absolute atomic E-state index is 0.0212. The Morgan fingerprint density at radius 2 is 1.20 bits per heavy atom. The number of aryl methyl sites for hydroxylation is 4. The van der Waals surface area contributed by atoms with Gasteiger partial charge in [0.05, 0.1) is 41.5 Å². The molecule has 2 heterocycles. The quantitative estimate of drug-likeness (QED) is 0.114. The molecule has 4 rings (SSSR count). The van der Waals surface area contributed by atoms with Crippen LogP contribution in [-0.2, 0) is 26.8 Å². The number of ether oxygens (including phenoxy) is 2.